The molecule has 0 saturated heterocycles. The van der Waals surface area contributed by atoms with Crippen molar-refractivity contribution in [2.75, 3.05) is 14.2 Å². The molecule has 1 aromatic carbocycles. The molecule has 0 amide bonds. The van der Waals surface area contributed by atoms with Crippen molar-refractivity contribution in [2.24, 2.45) is 0 Å². The fourth-order valence-corrected chi connectivity index (χ4v) is 1.84. The Bertz CT molecular complexity index is 417. The fourth-order valence-electron chi connectivity index (χ4n) is 1.08. The number of allylic oxidation sites excluding steroid dienone is 1. The van der Waals surface area contributed by atoms with Crippen molar-refractivity contribution in [3.05, 3.63) is 42.0 Å². The number of hydrogen-bond acceptors (Lipinski definition) is 4. The van der Waals surface area contributed by atoms with Crippen LogP contribution in [-0.2, 0) is 18.4 Å². The van der Waals surface area contributed by atoms with Gasteiger partial charge in [0.05, 0.1) is 0 Å². The van der Waals surface area contributed by atoms with Crippen molar-refractivity contribution < 1.29 is 18.4 Å². The van der Waals surface area contributed by atoms with Crippen molar-refractivity contribution in [3.8, 4) is 0 Å². The van der Waals surface area contributed by atoms with Gasteiger partial charge >= 0.3 is 7.60 Å². The van der Waals surface area contributed by atoms with Gasteiger partial charge in [-0.2, -0.15) is 0 Å². The Morgan fingerprint density at radius 3 is 2.25 bits per heavy atom. The van der Waals surface area contributed by atoms with E-state index in [1.54, 1.807) is 6.08 Å². The zero-order valence-corrected chi connectivity index (χ0v) is 10.0. The third kappa shape index (κ3) is 3.14. The lowest BCUT2D eigenvalue weighted by molar-refractivity contribution is -0.109. The normalized spacial score (nSPS) is 11.9. The van der Waals surface area contributed by atoms with Gasteiger partial charge in [-0.15, -0.1) is 0 Å². The topological polar surface area (TPSA) is 52.6 Å². The number of carbonyl (C=O) groups excluding carboxylic acids is 1. The zero-order valence-electron chi connectivity index (χ0n) is 9.12. The first-order valence-electron chi connectivity index (χ1n) is 4.61. The summed E-state index contributed by atoms with van der Waals surface area (Å²) in [4.78, 5) is 11.5. The molecule has 0 aliphatic rings. The summed E-state index contributed by atoms with van der Waals surface area (Å²) < 4.78 is 20.8. The Hall–Kier alpha value is -1.22. The summed E-state index contributed by atoms with van der Waals surface area (Å²) in [6, 6.07) is 9.21. The average Bonchev–Trinajstić information content (AvgIpc) is 2.36. The molecule has 0 atom stereocenters. The molecule has 5 heteroatoms. The van der Waals surface area contributed by atoms with Crippen LogP contribution < -0.4 is 0 Å². The molecule has 0 fully saturated rings. The number of benzene rings is 1. The van der Waals surface area contributed by atoms with E-state index in [1.807, 2.05) is 30.3 Å². The van der Waals surface area contributed by atoms with Crippen molar-refractivity contribution in [3.63, 3.8) is 0 Å². The molecule has 0 unspecified atom stereocenters. The molecule has 1 rings (SSSR count). The number of hydrogen-bond donors (Lipinski definition) is 0. The lowest BCUT2D eigenvalue weighted by Gasteiger charge is -2.08. The Balaban J connectivity index is 2.79. The van der Waals surface area contributed by atoms with Crippen LogP contribution in [0.15, 0.2) is 36.4 Å². The van der Waals surface area contributed by atoms with Crippen molar-refractivity contribution in [1.82, 2.24) is 0 Å². The van der Waals surface area contributed by atoms with Gasteiger partial charge in [-0.25, -0.2) is 0 Å². The van der Waals surface area contributed by atoms with Crippen LogP contribution in [0.3, 0.4) is 0 Å². The molecule has 0 aliphatic carbocycles. The summed E-state index contributed by atoms with van der Waals surface area (Å²) in [5.41, 5.74) is 0.177. The SMILES string of the molecule is COP(=O)(OC)C(=O)C=Cc1ccccc1. The van der Waals surface area contributed by atoms with Crippen molar-refractivity contribution in [1.29, 1.82) is 0 Å². The standard InChI is InChI=1S/C11H13O4P/c1-14-16(13,15-2)11(12)9-8-10-6-4-3-5-7-10/h3-9H,1-2H3. The molecule has 86 valence electrons. The first kappa shape index (κ1) is 12.8. The molecule has 0 aliphatic heterocycles. The summed E-state index contributed by atoms with van der Waals surface area (Å²) in [6.07, 6.45) is 2.76. The zero-order chi connectivity index (χ0) is 12.0. The van der Waals surface area contributed by atoms with Crippen molar-refractivity contribution >= 4 is 19.2 Å². The van der Waals surface area contributed by atoms with Crippen LogP contribution in [0.25, 0.3) is 6.08 Å². The maximum atomic E-state index is 11.6. The minimum absolute atomic E-state index is 0.665. The van der Waals surface area contributed by atoms with Crippen LogP contribution in [-0.4, -0.2) is 19.7 Å². The summed E-state index contributed by atoms with van der Waals surface area (Å²) in [5, 5.41) is 0. The quantitative estimate of drug-likeness (QED) is 0.586. The van der Waals surface area contributed by atoms with Crippen LogP contribution >= 0.6 is 7.60 Å². The van der Waals surface area contributed by atoms with Crippen LogP contribution in [0, 0.1) is 0 Å². The summed E-state index contributed by atoms with van der Waals surface area (Å²) in [5.74, 6) is 0. The monoisotopic (exact) mass is 240 g/mol. The third-order valence-corrected chi connectivity index (χ3v) is 3.62. The smallest absolute Gasteiger partial charge is 0.306 e. The van der Waals surface area contributed by atoms with Gasteiger partial charge in [0.15, 0.2) is 0 Å². The van der Waals surface area contributed by atoms with Gasteiger partial charge < -0.3 is 9.05 Å². The Kier molecular flexibility index (Phi) is 4.62. The van der Waals surface area contributed by atoms with Crippen LogP contribution in [0.2, 0.25) is 0 Å². The highest BCUT2D eigenvalue weighted by molar-refractivity contribution is 7.72. The van der Waals surface area contributed by atoms with Crippen molar-refractivity contribution in [2.45, 2.75) is 0 Å². The lowest BCUT2D eigenvalue weighted by Crippen LogP contribution is -1.99. The fraction of sp³-hybridized carbons (Fsp3) is 0.182. The van der Waals surface area contributed by atoms with Crippen LogP contribution in [0.4, 0.5) is 0 Å². The summed E-state index contributed by atoms with van der Waals surface area (Å²) in [6.45, 7) is 0. The number of rotatable bonds is 5. The Morgan fingerprint density at radius 2 is 1.75 bits per heavy atom. The molecule has 0 radical (unpaired) electrons. The van der Waals surface area contributed by atoms with Gasteiger partial charge in [0.2, 0.25) is 0 Å². The van der Waals surface area contributed by atoms with Gasteiger partial charge in [0.25, 0.3) is 5.52 Å². The third-order valence-electron chi connectivity index (χ3n) is 1.97. The van der Waals surface area contributed by atoms with Gasteiger partial charge in [-0.05, 0) is 11.6 Å². The van der Waals surface area contributed by atoms with E-state index in [1.165, 1.54) is 20.3 Å². The molecule has 4 nitrogen and oxygen atoms in total. The maximum Gasteiger partial charge on any atom is 0.400 e. The molecule has 0 bridgehead atoms. The first-order valence-corrected chi connectivity index (χ1v) is 6.16. The first-order chi connectivity index (χ1) is 7.62. The summed E-state index contributed by atoms with van der Waals surface area (Å²) in [7, 11) is -1.28. The van der Waals surface area contributed by atoms with E-state index in [2.05, 4.69) is 9.05 Å². The molecule has 0 spiro atoms. The molecule has 1 aromatic rings. The highest BCUT2D eigenvalue weighted by Crippen LogP contribution is 2.47. The highest BCUT2D eigenvalue weighted by Gasteiger charge is 2.29. The summed E-state index contributed by atoms with van der Waals surface area (Å²) >= 11 is 0. The highest BCUT2D eigenvalue weighted by atomic mass is 31.2. The van der Waals surface area contributed by atoms with Crippen LogP contribution in [0.5, 0.6) is 0 Å². The van der Waals surface area contributed by atoms with Gasteiger partial charge in [-0.1, -0.05) is 36.4 Å². The number of carbonyl (C=O) groups is 1. The second-order valence-corrected chi connectivity index (χ2v) is 5.11. The van der Waals surface area contributed by atoms with E-state index in [4.69, 9.17) is 0 Å². The van der Waals surface area contributed by atoms with E-state index in [0.29, 0.717) is 0 Å². The Morgan fingerprint density at radius 1 is 1.19 bits per heavy atom. The molecule has 0 N–H and O–H groups in total. The largest absolute Gasteiger partial charge is 0.400 e. The maximum absolute atomic E-state index is 11.6. The average molecular weight is 240 g/mol. The molecule has 16 heavy (non-hydrogen) atoms. The molecule has 0 heterocycles. The van der Waals surface area contributed by atoms with E-state index in [-0.39, 0.29) is 0 Å². The van der Waals surface area contributed by atoms with Gasteiger partial charge in [-0.3, -0.25) is 9.36 Å². The second-order valence-electron chi connectivity index (χ2n) is 2.94. The molecular formula is C11H13O4P. The van der Waals surface area contributed by atoms with E-state index >= 15 is 0 Å². The second kappa shape index (κ2) is 5.75. The predicted octanol–water partition coefficient (Wildman–Crippen LogP) is 2.71. The van der Waals surface area contributed by atoms with E-state index < -0.39 is 13.1 Å². The van der Waals surface area contributed by atoms with Gasteiger partial charge in [0, 0.05) is 14.2 Å². The Labute approximate surface area is 94.4 Å². The van der Waals surface area contributed by atoms with Crippen LogP contribution in [0.1, 0.15) is 5.56 Å². The minimum atomic E-state index is -3.63. The predicted molar refractivity (Wildman–Crippen MR) is 62.1 cm³/mol. The minimum Gasteiger partial charge on any atom is -0.306 e. The van der Waals surface area contributed by atoms with E-state index in [0.717, 1.165) is 5.56 Å². The lowest BCUT2D eigenvalue weighted by atomic mass is 10.2. The van der Waals surface area contributed by atoms with Gasteiger partial charge in [0.1, 0.15) is 0 Å². The van der Waals surface area contributed by atoms with E-state index in [9.17, 15) is 9.36 Å². The molecule has 0 saturated carbocycles. The molecule has 0 aromatic heterocycles. The molecular weight excluding hydrogens is 227 g/mol.